The van der Waals surface area contributed by atoms with Crippen molar-refractivity contribution in [3.8, 4) is 5.75 Å². The molecule has 1 aliphatic heterocycles. The Morgan fingerprint density at radius 2 is 2.24 bits per heavy atom. The van der Waals surface area contributed by atoms with Crippen LogP contribution in [-0.4, -0.2) is 37.1 Å². The van der Waals surface area contributed by atoms with Crippen LogP contribution in [0.5, 0.6) is 5.75 Å². The molecule has 3 nitrogen and oxygen atoms in total. The minimum atomic E-state index is 0.298. The molecule has 0 radical (unpaired) electrons. The van der Waals surface area contributed by atoms with Crippen molar-refractivity contribution in [1.82, 2.24) is 9.88 Å². The third-order valence-corrected chi connectivity index (χ3v) is 4.43. The lowest BCUT2D eigenvalue weighted by Gasteiger charge is -2.22. The first kappa shape index (κ1) is 14.4. The number of aromatic nitrogens is 1. The summed E-state index contributed by atoms with van der Waals surface area (Å²) in [4.78, 5) is 6.63. The van der Waals surface area contributed by atoms with Crippen LogP contribution in [0.3, 0.4) is 0 Å². The lowest BCUT2D eigenvalue weighted by molar-refractivity contribution is 0.337. The molecule has 21 heavy (non-hydrogen) atoms. The summed E-state index contributed by atoms with van der Waals surface area (Å²) in [5.41, 5.74) is 3.84. The molecule has 0 saturated heterocycles. The lowest BCUT2D eigenvalue weighted by atomic mass is 9.88. The van der Waals surface area contributed by atoms with Crippen molar-refractivity contribution >= 4 is 11.6 Å². The number of methoxy groups -OCH3 is 1. The quantitative estimate of drug-likeness (QED) is 0.850. The number of ether oxygens (including phenoxy) is 1. The van der Waals surface area contributed by atoms with E-state index in [1.807, 2.05) is 18.5 Å². The van der Waals surface area contributed by atoms with Crippen LogP contribution in [0.4, 0.5) is 0 Å². The fourth-order valence-electron chi connectivity index (χ4n) is 2.99. The second-order valence-electron chi connectivity index (χ2n) is 5.54. The summed E-state index contributed by atoms with van der Waals surface area (Å²) in [6, 6.07) is 8.28. The topological polar surface area (TPSA) is 25.4 Å². The predicted octanol–water partition coefficient (Wildman–Crippen LogP) is 3.36. The van der Waals surface area contributed by atoms with Crippen molar-refractivity contribution in [2.45, 2.75) is 12.3 Å². The van der Waals surface area contributed by atoms with Crippen molar-refractivity contribution < 1.29 is 4.74 Å². The molecular weight excluding hydrogens is 284 g/mol. The van der Waals surface area contributed by atoms with Gasteiger partial charge in [-0.15, -0.1) is 0 Å². The van der Waals surface area contributed by atoms with Gasteiger partial charge in [-0.3, -0.25) is 4.98 Å². The van der Waals surface area contributed by atoms with Gasteiger partial charge in [-0.25, -0.2) is 0 Å². The maximum absolute atomic E-state index is 6.29. The molecule has 0 amide bonds. The first-order valence-corrected chi connectivity index (χ1v) is 7.51. The molecule has 1 aromatic carbocycles. The van der Waals surface area contributed by atoms with Gasteiger partial charge in [0.2, 0.25) is 0 Å². The summed E-state index contributed by atoms with van der Waals surface area (Å²) in [5.74, 6) is 1.04. The Morgan fingerprint density at radius 3 is 2.95 bits per heavy atom. The smallest absolute Gasteiger partial charge is 0.137 e. The van der Waals surface area contributed by atoms with E-state index in [1.165, 1.54) is 16.7 Å². The molecule has 3 rings (SSSR count). The average Bonchev–Trinajstić information content (AvgIpc) is 2.67. The zero-order valence-electron chi connectivity index (χ0n) is 12.3. The van der Waals surface area contributed by atoms with Crippen LogP contribution in [0.25, 0.3) is 0 Å². The van der Waals surface area contributed by atoms with Gasteiger partial charge in [0.25, 0.3) is 0 Å². The van der Waals surface area contributed by atoms with Crippen molar-refractivity contribution in [2.75, 3.05) is 27.2 Å². The summed E-state index contributed by atoms with van der Waals surface area (Å²) in [5, 5.41) is 0.686. The van der Waals surface area contributed by atoms with Crippen LogP contribution in [0.15, 0.2) is 36.7 Å². The van der Waals surface area contributed by atoms with E-state index in [4.69, 9.17) is 16.3 Å². The first-order chi connectivity index (χ1) is 10.2. The largest absolute Gasteiger partial charge is 0.495 e. The molecule has 1 atom stereocenters. The number of benzene rings is 1. The highest BCUT2D eigenvalue weighted by molar-refractivity contribution is 6.32. The molecule has 1 aliphatic rings. The van der Waals surface area contributed by atoms with Gasteiger partial charge in [-0.2, -0.15) is 0 Å². The SMILES string of the molecule is COc1cc2c(cc1Cl)CCN(C)CC2c1cccnc1. The van der Waals surface area contributed by atoms with Gasteiger partial charge >= 0.3 is 0 Å². The summed E-state index contributed by atoms with van der Waals surface area (Å²) in [6.07, 6.45) is 4.77. The molecule has 2 aromatic rings. The highest BCUT2D eigenvalue weighted by Crippen LogP contribution is 2.36. The van der Waals surface area contributed by atoms with Crippen molar-refractivity contribution in [3.63, 3.8) is 0 Å². The number of likely N-dealkylation sites (N-methyl/N-ethyl adjacent to an activating group) is 1. The maximum Gasteiger partial charge on any atom is 0.137 e. The first-order valence-electron chi connectivity index (χ1n) is 7.14. The standard InChI is InChI=1S/C17H19ClN2O/c1-20-7-5-12-8-16(18)17(21-2)9-14(12)15(11-20)13-4-3-6-19-10-13/h3-4,6,8-10,15H,5,7,11H2,1-2H3. The number of rotatable bonds is 2. The van der Waals surface area contributed by atoms with Crippen LogP contribution in [-0.2, 0) is 6.42 Å². The van der Waals surface area contributed by atoms with Crippen LogP contribution in [0, 0.1) is 0 Å². The zero-order valence-corrected chi connectivity index (χ0v) is 13.1. The number of hydrogen-bond acceptors (Lipinski definition) is 3. The van der Waals surface area contributed by atoms with Gasteiger partial charge < -0.3 is 9.64 Å². The third kappa shape index (κ3) is 2.89. The number of nitrogens with zero attached hydrogens (tertiary/aromatic N) is 2. The molecule has 2 heterocycles. The molecule has 4 heteroatoms. The number of halogens is 1. The van der Waals surface area contributed by atoms with E-state index >= 15 is 0 Å². The van der Waals surface area contributed by atoms with Crippen molar-refractivity contribution in [1.29, 1.82) is 0 Å². The Labute approximate surface area is 130 Å². The Morgan fingerprint density at radius 1 is 1.38 bits per heavy atom. The predicted molar refractivity (Wildman–Crippen MR) is 85.3 cm³/mol. The summed E-state index contributed by atoms with van der Waals surface area (Å²) in [6.45, 7) is 2.01. The third-order valence-electron chi connectivity index (χ3n) is 4.13. The van der Waals surface area contributed by atoms with Gasteiger partial charge in [0.05, 0.1) is 12.1 Å². The summed E-state index contributed by atoms with van der Waals surface area (Å²) in [7, 11) is 3.82. The molecule has 110 valence electrons. The fraction of sp³-hybridized carbons (Fsp3) is 0.353. The molecule has 0 N–H and O–H groups in total. The Bertz CT molecular complexity index is 630. The molecule has 0 saturated carbocycles. The highest BCUT2D eigenvalue weighted by atomic mass is 35.5. The monoisotopic (exact) mass is 302 g/mol. The van der Waals surface area contributed by atoms with Gasteiger partial charge in [0.15, 0.2) is 0 Å². The van der Waals surface area contributed by atoms with Crippen LogP contribution >= 0.6 is 11.6 Å². The highest BCUT2D eigenvalue weighted by Gasteiger charge is 2.24. The van der Waals surface area contributed by atoms with E-state index in [2.05, 4.69) is 35.1 Å². The Balaban J connectivity index is 2.12. The fourth-order valence-corrected chi connectivity index (χ4v) is 3.25. The molecule has 0 spiro atoms. The van der Waals surface area contributed by atoms with E-state index in [0.29, 0.717) is 10.9 Å². The number of fused-ring (bicyclic) bond motifs is 1. The van der Waals surface area contributed by atoms with Gasteiger partial charge in [-0.1, -0.05) is 17.7 Å². The van der Waals surface area contributed by atoms with Crippen molar-refractivity contribution in [2.24, 2.45) is 0 Å². The van der Waals surface area contributed by atoms with Gasteiger partial charge in [-0.05, 0) is 48.4 Å². The average molecular weight is 303 g/mol. The molecule has 0 bridgehead atoms. The van der Waals surface area contributed by atoms with Crippen LogP contribution in [0.1, 0.15) is 22.6 Å². The van der Waals surface area contributed by atoms with Crippen LogP contribution < -0.4 is 4.74 Å². The number of pyridine rings is 1. The maximum atomic E-state index is 6.29. The normalized spacial score (nSPS) is 18.9. The minimum Gasteiger partial charge on any atom is -0.495 e. The lowest BCUT2D eigenvalue weighted by Crippen LogP contribution is -2.24. The summed E-state index contributed by atoms with van der Waals surface area (Å²) >= 11 is 6.29. The molecule has 1 unspecified atom stereocenters. The molecule has 0 aliphatic carbocycles. The van der Waals surface area contributed by atoms with Gasteiger partial charge in [0.1, 0.15) is 5.75 Å². The second kappa shape index (κ2) is 6.04. The minimum absolute atomic E-state index is 0.298. The molecular formula is C17H19ClN2O. The Hall–Kier alpha value is -1.58. The van der Waals surface area contributed by atoms with Gasteiger partial charge in [0, 0.05) is 31.4 Å². The van der Waals surface area contributed by atoms with E-state index in [9.17, 15) is 0 Å². The van der Waals surface area contributed by atoms with Crippen LogP contribution in [0.2, 0.25) is 5.02 Å². The van der Waals surface area contributed by atoms with E-state index in [-0.39, 0.29) is 0 Å². The zero-order chi connectivity index (χ0) is 14.8. The van der Waals surface area contributed by atoms with Crippen molar-refractivity contribution in [3.05, 3.63) is 58.4 Å². The summed E-state index contributed by atoms with van der Waals surface area (Å²) < 4.78 is 5.40. The van der Waals surface area contributed by atoms with E-state index < -0.39 is 0 Å². The molecule has 1 aromatic heterocycles. The Kier molecular flexibility index (Phi) is 4.13. The van der Waals surface area contributed by atoms with E-state index in [1.54, 1.807) is 7.11 Å². The second-order valence-corrected chi connectivity index (χ2v) is 5.94. The number of hydrogen-bond donors (Lipinski definition) is 0. The molecule has 0 fully saturated rings. The van der Waals surface area contributed by atoms with E-state index in [0.717, 1.165) is 25.3 Å².